The number of thioether (sulfide) groups is 1. The summed E-state index contributed by atoms with van der Waals surface area (Å²) in [4.78, 5) is 24.8. The number of carbonyl (C=O) groups excluding carboxylic acids is 1. The predicted molar refractivity (Wildman–Crippen MR) is 136 cm³/mol. The van der Waals surface area contributed by atoms with E-state index in [1.165, 1.54) is 32.1 Å². The van der Waals surface area contributed by atoms with Crippen molar-refractivity contribution >= 4 is 23.6 Å². The topological polar surface area (TPSA) is 75.6 Å². The van der Waals surface area contributed by atoms with Crippen molar-refractivity contribution in [3.63, 3.8) is 0 Å². The van der Waals surface area contributed by atoms with Gasteiger partial charge in [0.1, 0.15) is 6.04 Å². The first-order chi connectivity index (χ1) is 16.0. The second-order valence-electron chi connectivity index (χ2n) is 8.86. The van der Waals surface area contributed by atoms with E-state index in [9.17, 15) is 14.7 Å². The largest absolute Gasteiger partial charge is 1.00 e. The first-order valence-electron chi connectivity index (χ1n) is 11.8. The van der Waals surface area contributed by atoms with Crippen LogP contribution in [0.4, 0.5) is 0 Å². The molecule has 2 aromatic carbocycles. The van der Waals surface area contributed by atoms with Crippen LogP contribution in [-0.2, 0) is 16.1 Å². The second-order valence-corrected chi connectivity index (χ2v) is 9.85. The summed E-state index contributed by atoms with van der Waals surface area (Å²) >= 11 is 1.56. The number of rotatable bonds is 11. The fourth-order valence-electron chi connectivity index (χ4n) is 4.40. The smallest absolute Gasteiger partial charge is 1.00 e. The Kier molecular flexibility index (Phi) is 12.3. The minimum Gasteiger partial charge on any atom is -1.00 e. The molecule has 0 aliphatic heterocycles. The van der Waals surface area contributed by atoms with Gasteiger partial charge in [-0.25, -0.2) is 4.79 Å². The number of nitrogens with one attached hydrogen (secondary N) is 1. The van der Waals surface area contributed by atoms with Gasteiger partial charge in [-0.1, -0.05) is 49.6 Å². The fraction of sp³-hybridized carbons (Fsp3) is 0.481. The zero-order chi connectivity index (χ0) is 23.6. The summed E-state index contributed by atoms with van der Waals surface area (Å²) in [5.41, 5.74) is 4.32. The van der Waals surface area contributed by atoms with Crippen LogP contribution in [0.3, 0.4) is 0 Å². The van der Waals surface area contributed by atoms with Gasteiger partial charge in [-0.2, -0.15) is 11.8 Å². The van der Waals surface area contributed by atoms with Crippen molar-refractivity contribution in [1.82, 2.24) is 5.32 Å². The summed E-state index contributed by atoms with van der Waals surface area (Å²) in [5.74, 6) is -0.0630. The molecule has 5 nitrogen and oxygen atoms in total. The van der Waals surface area contributed by atoms with Gasteiger partial charge in [0, 0.05) is 12.2 Å². The molecule has 34 heavy (non-hydrogen) atoms. The predicted octanol–water partition coefficient (Wildman–Crippen LogP) is 2.81. The maximum absolute atomic E-state index is 13.1. The Labute approximate surface area is 221 Å². The van der Waals surface area contributed by atoms with Gasteiger partial charge < -0.3 is 16.6 Å². The van der Waals surface area contributed by atoms with Crippen molar-refractivity contribution in [2.45, 2.75) is 58.1 Å². The molecular formula is C27H36LiNO4S. The molecule has 0 aromatic heterocycles. The number of hydrogen-bond acceptors (Lipinski definition) is 4. The van der Waals surface area contributed by atoms with Crippen LogP contribution in [0.5, 0.6) is 0 Å². The maximum atomic E-state index is 13.1. The zero-order valence-electron chi connectivity index (χ0n) is 21.6. The zero-order valence-corrected chi connectivity index (χ0v) is 21.5. The molecule has 0 heterocycles. The third kappa shape index (κ3) is 8.20. The molecule has 1 aliphatic carbocycles. The monoisotopic (exact) mass is 477 g/mol. The Morgan fingerprint density at radius 3 is 2.56 bits per heavy atom. The molecular weight excluding hydrogens is 441 g/mol. The van der Waals surface area contributed by atoms with Gasteiger partial charge in [0.25, 0.3) is 5.91 Å². The van der Waals surface area contributed by atoms with Crippen LogP contribution >= 0.6 is 11.8 Å². The first-order valence-corrected chi connectivity index (χ1v) is 13.2. The van der Waals surface area contributed by atoms with E-state index in [2.05, 4.69) is 5.32 Å². The van der Waals surface area contributed by atoms with Gasteiger partial charge in [0.2, 0.25) is 0 Å². The molecule has 1 aliphatic rings. The number of carboxylic acids is 1. The molecule has 0 bridgehead atoms. The number of ether oxygens (including phenoxy) is 1. The van der Waals surface area contributed by atoms with Crippen LogP contribution in [0.1, 0.15) is 61.4 Å². The third-order valence-electron chi connectivity index (χ3n) is 6.32. The van der Waals surface area contributed by atoms with Crippen LogP contribution in [0, 0.1) is 12.8 Å². The number of benzene rings is 2. The average Bonchev–Trinajstić information content (AvgIpc) is 2.82. The Morgan fingerprint density at radius 1 is 1.15 bits per heavy atom. The summed E-state index contributed by atoms with van der Waals surface area (Å²) < 4.78 is 6.04. The summed E-state index contributed by atoms with van der Waals surface area (Å²) in [6.07, 6.45) is 8.72. The average molecular weight is 478 g/mol. The van der Waals surface area contributed by atoms with Crippen LogP contribution in [0.25, 0.3) is 11.1 Å². The van der Waals surface area contributed by atoms with E-state index in [0.29, 0.717) is 30.3 Å². The van der Waals surface area contributed by atoms with E-state index in [4.69, 9.17) is 4.74 Å². The molecule has 180 valence electrons. The normalized spacial score (nSPS) is 14.8. The standard InChI is InChI=1S/C27H35NO4S.Li.H/c1-19-8-6-7-11-22(19)24-16-21(18-32-17-20-9-4-3-5-10-20)12-13-23(24)26(29)28-25(27(30)31)14-15-33-2;;/h6-8,11-13,16,20,25H,3-5,9-10,14-15,17-18H2,1-2H3,(H,28,29)(H,30,31);;/q;+1;-1/t25-;;/m0../s1. The van der Waals surface area contributed by atoms with Gasteiger partial charge in [0.05, 0.1) is 6.61 Å². The molecule has 0 spiro atoms. The molecule has 2 aromatic rings. The Bertz CT molecular complexity index is 953. The van der Waals surface area contributed by atoms with Crippen molar-refractivity contribution in [2.75, 3.05) is 18.6 Å². The quantitative estimate of drug-likeness (QED) is 0.487. The molecule has 2 N–H and O–H groups in total. The number of carboxylic acid groups (broad SMARTS) is 1. The Balaban J connectivity index is 0.00000306. The van der Waals surface area contributed by atoms with Crippen molar-refractivity contribution in [3.8, 4) is 11.1 Å². The number of aliphatic carboxylic acids is 1. The van der Waals surface area contributed by atoms with Crippen molar-refractivity contribution in [3.05, 3.63) is 59.2 Å². The van der Waals surface area contributed by atoms with Crippen LogP contribution < -0.4 is 24.2 Å². The SMILES string of the molecule is CSCC[C@H](NC(=O)c1ccc(COCC2CCCCC2)cc1-c1ccccc1C)C(=O)O.[H-].[Li+]. The van der Waals surface area contributed by atoms with Crippen molar-refractivity contribution in [1.29, 1.82) is 0 Å². The van der Waals surface area contributed by atoms with Gasteiger partial charge in [-0.3, -0.25) is 4.79 Å². The van der Waals surface area contributed by atoms with Gasteiger partial charge in [-0.05, 0) is 78.5 Å². The van der Waals surface area contributed by atoms with Crippen LogP contribution in [0.15, 0.2) is 42.5 Å². The Hall–Kier alpha value is -1.71. The molecule has 0 radical (unpaired) electrons. The van der Waals surface area contributed by atoms with E-state index in [1.54, 1.807) is 17.8 Å². The van der Waals surface area contributed by atoms with Gasteiger partial charge >= 0.3 is 24.8 Å². The molecule has 0 saturated heterocycles. The molecule has 3 rings (SSSR count). The van der Waals surface area contributed by atoms with Crippen molar-refractivity contribution < 1.29 is 39.7 Å². The molecule has 1 amide bonds. The summed E-state index contributed by atoms with van der Waals surface area (Å²) in [6.45, 7) is 3.29. The number of hydrogen-bond donors (Lipinski definition) is 2. The fourth-order valence-corrected chi connectivity index (χ4v) is 4.87. The first kappa shape index (κ1) is 28.5. The second kappa shape index (κ2) is 14.6. The van der Waals surface area contributed by atoms with Crippen LogP contribution in [0.2, 0.25) is 0 Å². The minimum atomic E-state index is -1.01. The van der Waals surface area contributed by atoms with E-state index in [1.807, 2.05) is 49.6 Å². The van der Waals surface area contributed by atoms with E-state index >= 15 is 0 Å². The van der Waals surface area contributed by atoms with Crippen LogP contribution in [-0.4, -0.2) is 41.6 Å². The van der Waals surface area contributed by atoms with E-state index in [-0.39, 0.29) is 26.2 Å². The number of carbonyl (C=O) groups is 2. The Morgan fingerprint density at radius 2 is 1.88 bits per heavy atom. The molecule has 1 saturated carbocycles. The molecule has 1 atom stereocenters. The number of aryl methyl sites for hydroxylation is 1. The minimum absolute atomic E-state index is 0. The summed E-state index contributed by atoms with van der Waals surface area (Å²) in [6, 6.07) is 12.7. The van der Waals surface area contributed by atoms with Gasteiger partial charge in [0.15, 0.2) is 0 Å². The molecule has 1 fully saturated rings. The molecule has 7 heteroatoms. The van der Waals surface area contributed by atoms with E-state index in [0.717, 1.165) is 28.9 Å². The summed E-state index contributed by atoms with van der Waals surface area (Å²) in [5, 5.41) is 12.3. The molecule has 0 unspecified atom stereocenters. The third-order valence-corrected chi connectivity index (χ3v) is 6.97. The van der Waals surface area contributed by atoms with Gasteiger partial charge in [-0.15, -0.1) is 0 Å². The number of amides is 1. The summed E-state index contributed by atoms with van der Waals surface area (Å²) in [7, 11) is 0. The van der Waals surface area contributed by atoms with E-state index < -0.39 is 12.0 Å². The maximum Gasteiger partial charge on any atom is 1.00 e. The van der Waals surface area contributed by atoms with Crippen molar-refractivity contribution in [2.24, 2.45) is 5.92 Å².